The molecule has 0 atom stereocenters. The number of fused-ring (bicyclic) bond motifs is 2. The van der Waals surface area contributed by atoms with Crippen molar-refractivity contribution in [3.05, 3.63) is 57.0 Å². The summed E-state index contributed by atoms with van der Waals surface area (Å²) in [4.78, 5) is 0.300. The predicted molar refractivity (Wildman–Crippen MR) is 93.7 cm³/mol. The number of benzene rings is 2. The van der Waals surface area contributed by atoms with Gasteiger partial charge in [0.05, 0.1) is 5.69 Å². The van der Waals surface area contributed by atoms with Gasteiger partial charge in [-0.1, -0.05) is 34.1 Å². The first kappa shape index (κ1) is 14.7. The average Bonchev–Trinajstić information content (AvgIpc) is 3.19. The Morgan fingerprint density at radius 1 is 1.05 bits per heavy atom. The molecule has 6 heteroatoms. The third-order valence-corrected chi connectivity index (χ3v) is 7.75. The van der Waals surface area contributed by atoms with Crippen LogP contribution in [0.3, 0.4) is 0 Å². The van der Waals surface area contributed by atoms with Gasteiger partial charge in [-0.2, -0.15) is 0 Å². The van der Waals surface area contributed by atoms with Crippen LogP contribution in [0.1, 0.15) is 18.4 Å². The number of halogens is 2. The van der Waals surface area contributed by atoms with E-state index in [0.29, 0.717) is 15.9 Å². The van der Waals surface area contributed by atoms with Gasteiger partial charge in [0.25, 0.3) is 10.0 Å². The molecule has 1 saturated carbocycles. The van der Waals surface area contributed by atoms with Gasteiger partial charge in [-0.25, -0.2) is 8.42 Å². The summed E-state index contributed by atoms with van der Waals surface area (Å²) in [6.45, 7) is 0.549. The number of hydrogen-bond donors (Lipinski definition) is 0. The normalized spacial score (nSPS) is 18.5. The quantitative estimate of drug-likeness (QED) is 0.688. The molecular weight excluding hydrogens is 430 g/mol. The van der Waals surface area contributed by atoms with Crippen LogP contribution in [0.4, 0.5) is 5.69 Å². The van der Waals surface area contributed by atoms with E-state index in [4.69, 9.17) is 0 Å². The molecule has 2 aliphatic rings. The first-order valence-corrected chi connectivity index (χ1v) is 10.0. The minimum absolute atomic E-state index is 0.0438. The topological polar surface area (TPSA) is 37.4 Å². The van der Waals surface area contributed by atoms with E-state index in [1.54, 1.807) is 16.4 Å². The lowest BCUT2D eigenvalue weighted by atomic mass is 9.99. The van der Waals surface area contributed by atoms with E-state index in [1.807, 2.05) is 24.3 Å². The predicted octanol–water partition coefficient (Wildman–Crippen LogP) is 4.45. The highest BCUT2D eigenvalue weighted by Gasteiger charge is 2.54. The fourth-order valence-electron chi connectivity index (χ4n) is 3.17. The third kappa shape index (κ3) is 2.07. The molecule has 0 amide bonds. The van der Waals surface area contributed by atoms with Crippen LogP contribution in [0.2, 0.25) is 0 Å². The standard InChI is InChI=1S/C16H13Br2NO2S/c17-11-5-6-13(18)15(9-11)22(20,21)19-10-16(7-8-16)12-3-1-2-4-14(12)19/h1-6,9H,7-8,10H2. The molecule has 1 spiro atoms. The SMILES string of the molecule is O=S(=O)(c1cc(Br)ccc1Br)N1CC2(CC2)c2ccccc21. The van der Waals surface area contributed by atoms with Gasteiger partial charge < -0.3 is 0 Å². The summed E-state index contributed by atoms with van der Waals surface area (Å²) in [5, 5.41) is 0. The van der Waals surface area contributed by atoms with Gasteiger partial charge in [0.1, 0.15) is 4.90 Å². The zero-order valence-electron chi connectivity index (χ0n) is 11.6. The Hall–Kier alpha value is -0.850. The highest BCUT2D eigenvalue weighted by Crippen LogP contribution is 2.57. The Labute approximate surface area is 146 Å². The summed E-state index contributed by atoms with van der Waals surface area (Å²) < 4.78 is 29.2. The Balaban J connectivity index is 1.87. The van der Waals surface area contributed by atoms with Crippen LogP contribution in [0.5, 0.6) is 0 Å². The highest BCUT2D eigenvalue weighted by molar-refractivity contribution is 9.11. The van der Waals surface area contributed by atoms with Crippen molar-refractivity contribution in [3.8, 4) is 0 Å². The molecule has 1 aliphatic carbocycles. The molecule has 3 nitrogen and oxygen atoms in total. The van der Waals surface area contributed by atoms with E-state index in [0.717, 1.165) is 23.0 Å². The molecule has 0 N–H and O–H groups in total. The molecule has 0 saturated heterocycles. The van der Waals surface area contributed by atoms with Crippen molar-refractivity contribution < 1.29 is 8.42 Å². The van der Waals surface area contributed by atoms with E-state index < -0.39 is 10.0 Å². The lowest BCUT2D eigenvalue weighted by Gasteiger charge is -2.21. The first-order chi connectivity index (χ1) is 10.4. The van der Waals surface area contributed by atoms with Gasteiger partial charge in [0.2, 0.25) is 0 Å². The molecule has 0 unspecified atom stereocenters. The summed E-state index contributed by atoms with van der Waals surface area (Å²) in [7, 11) is -3.58. The largest absolute Gasteiger partial charge is 0.265 e. The lowest BCUT2D eigenvalue weighted by molar-refractivity contribution is 0.588. The van der Waals surface area contributed by atoms with Crippen molar-refractivity contribution in [2.45, 2.75) is 23.2 Å². The van der Waals surface area contributed by atoms with Crippen LogP contribution in [0.25, 0.3) is 0 Å². The second-order valence-corrected chi connectivity index (χ2v) is 9.48. The number of para-hydroxylation sites is 1. The molecule has 0 radical (unpaired) electrons. The highest BCUT2D eigenvalue weighted by atomic mass is 79.9. The van der Waals surface area contributed by atoms with Crippen LogP contribution < -0.4 is 4.31 Å². The number of rotatable bonds is 2. The van der Waals surface area contributed by atoms with Gasteiger partial charge >= 0.3 is 0 Å². The zero-order valence-corrected chi connectivity index (χ0v) is 15.6. The minimum Gasteiger partial charge on any atom is -0.265 e. The van der Waals surface area contributed by atoms with Crippen LogP contribution in [0.15, 0.2) is 56.3 Å². The van der Waals surface area contributed by atoms with Crippen molar-refractivity contribution in [3.63, 3.8) is 0 Å². The summed E-state index contributed by atoms with van der Waals surface area (Å²) in [6, 6.07) is 13.1. The zero-order chi connectivity index (χ0) is 15.5. The Morgan fingerprint density at radius 3 is 2.50 bits per heavy atom. The van der Waals surface area contributed by atoms with E-state index in [-0.39, 0.29) is 5.41 Å². The molecule has 2 aromatic carbocycles. The molecule has 22 heavy (non-hydrogen) atoms. The maximum absolute atomic E-state index is 13.2. The second-order valence-electron chi connectivity index (χ2n) is 5.88. The maximum atomic E-state index is 13.2. The Bertz CT molecular complexity index is 875. The molecule has 0 aromatic heterocycles. The molecule has 1 fully saturated rings. The Kier molecular flexibility index (Phi) is 3.23. The molecule has 0 bridgehead atoms. The van der Waals surface area contributed by atoms with Crippen molar-refractivity contribution >= 4 is 47.6 Å². The minimum atomic E-state index is -3.58. The van der Waals surface area contributed by atoms with Crippen LogP contribution in [-0.2, 0) is 15.4 Å². The molecule has 1 heterocycles. The number of sulfonamides is 1. The number of hydrogen-bond acceptors (Lipinski definition) is 2. The average molecular weight is 443 g/mol. The fourth-order valence-corrected chi connectivity index (χ4v) is 6.21. The van der Waals surface area contributed by atoms with Gasteiger partial charge in [0, 0.05) is 20.9 Å². The van der Waals surface area contributed by atoms with Crippen LogP contribution >= 0.6 is 31.9 Å². The Morgan fingerprint density at radius 2 is 1.77 bits per heavy atom. The van der Waals surface area contributed by atoms with Gasteiger partial charge in [-0.3, -0.25) is 4.31 Å². The van der Waals surface area contributed by atoms with Gasteiger partial charge in [-0.05, 0) is 58.6 Å². The lowest BCUT2D eigenvalue weighted by Crippen LogP contribution is -2.31. The fraction of sp³-hybridized carbons (Fsp3) is 0.250. The number of nitrogens with zero attached hydrogens (tertiary/aromatic N) is 1. The van der Waals surface area contributed by atoms with E-state index in [1.165, 1.54) is 5.56 Å². The third-order valence-electron chi connectivity index (χ3n) is 4.51. The molecule has 1 aliphatic heterocycles. The van der Waals surface area contributed by atoms with Crippen molar-refractivity contribution in [2.75, 3.05) is 10.8 Å². The van der Waals surface area contributed by atoms with Crippen molar-refractivity contribution in [1.82, 2.24) is 0 Å². The van der Waals surface area contributed by atoms with E-state index in [2.05, 4.69) is 37.9 Å². The summed E-state index contributed by atoms with van der Waals surface area (Å²) in [6.07, 6.45) is 2.13. The van der Waals surface area contributed by atoms with Crippen molar-refractivity contribution in [2.24, 2.45) is 0 Å². The molecule has 114 valence electrons. The monoisotopic (exact) mass is 441 g/mol. The smallest absolute Gasteiger partial charge is 0.265 e. The maximum Gasteiger partial charge on any atom is 0.265 e. The van der Waals surface area contributed by atoms with Crippen LogP contribution in [-0.4, -0.2) is 15.0 Å². The van der Waals surface area contributed by atoms with Crippen molar-refractivity contribution in [1.29, 1.82) is 0 Å². The van der Waals surface area contributed by atoms with Crippen LogP contribution in [0, 0.1) is 0 Å². The van der Waals surface area contributed by atoms with E-state index in [9.17, 15) is 8.42 Å². The molecule has 2 aromatic rings. The number of anilines is 1. The first-order valence-electron chi connectivity index (χ1n) is 7.01. The second kappa shape index (κ2) is 4.82. The summed E-state index contributed by atoms with van der Waals surface area (Å²) in [5.41, 5.74) is 2.04. The molecule has 4 rings (SSSR count). The molecular formula is C16H13Br2NO2S. The van der Waals surface area contributed by atoms with E-state index >= 15 is 0 Å². The summed E-state index contributed by atoms with van der Waals surface area (Å²) in [5.74, 6) is 0. The van der Waals surface area contributed by atoms with Gasteiger partial charge in [0.15, 0.2) is 0 Å². The van der Waals surface area contributed by atoms with Gasteiger partial charge in [-0.15, -0.1) is 0 Å². The summed E-state index contributed by atoms with van der Waals surface area (Å²) >= 11 is 6.73.